The zero-order valence-electron chi connectivity index (χ0n) is 18.0. The maximum Gasteiger partial charge on any atom is 0.251 e. The maximum atomic E-state index is 12.9. The van der Waals surface area contributed by atoms with Crippen LogP contribution in [0.25, 0.3) is 0 Å². The lowest BCUT2D eigenvalue weighted by Gasteiger charge is -2.18. The zero-order chi connectivity index (χ0) is 23.0. The lowest BCUT2D eigenvalue weighted by atomic mass is 10.0. The number of ether oxygens (including phenoxy) is 1. The molecule has 1 unspecified atom stereocenters. The first-order chi connectivity index (χ1) is 16.1. The van der Waals surface area contributed by atoms with E-state index in [4.69, 9.17) is 17.0 Å². The van der Waals surface area contributed by atoms with E-state index in [-0.39, 0.29) is 5.91 Å². The van der Waals surface area contributed by atoms with E-state index in [2.05, 4.69) is 20.6 Å². The number of aromatic nitrogens is 3. The molecule has 0 saturated carbocycles. The summed E-state index contributed by atoms with van der Waals surface area (Å²) in [6.07, 6.45) is 2.21. The standard InChI is InChI=1S/C25H23N5O2S/c1-32-21-14-12-19(13-15-21)17-26-30-23(28-29-25(30)33)22(16-18-8-4-2-5-9-18)27-24(31)20-10-6-3-7-11-20/h2-15,17,22H,16H2,1H3,(H,27,31)(H,29,33). The summed E-state index contributed by atoms with van der Waals surface area (Å²) < 4.78 is 7.07. The van der Waals surface area contributed by atoms with E-state index in [1.807, 2.05) is 72.8 Å². The molecule has 0 fully saturated rings. The van der Waals surface area contributed by atoms with Gasteiger partial charge < -0.3 is 10.1 Å². The van der Waals surface area contributed by atoms with Crippen LogP contribution in [0.3, 0.4) is 0 Å². The number of hydrogen-bond acceptors (Lipinski definition) is 5. The Labute approximate surface area is 196 Å². The number of H-pyrrole nitrogens is 1. The van der Waals surface area contributed by atoms with E-state index < -0.39 is 6.04 Å². The Bertz CT molecular complexity index is 1280. The van der Waals surface area contributed by atoms with Crippen LogP contribution >= 0.6 is 12.2 Å². The molecular formula is C25H23N5O2S. The molecule has 33 heavy (non-hydrogen) atoms. The second-order valence-electron chi connectivity index (χ2n) is 7.30. The summed E-state index contributed by atoms with van der Waals surface area (Å²) in [5.41, 5.74) is 2.49. The third-order valence-corrected chi connectivity index (χ3v) is 5.31. The van der Waals surface area contributed by atoms with Gasteiger partial charge in [-0.1, -0.05) is 48.5 Å². The molecule has 4 rings (SSSR count). The number of hydrogen-bond donors (Lipinski definition) is 2. The second kappa shape index (κ2) is 10.5. The molecule has 0 radical (unpaired) electrons. The number of rotatable bonds is 8. The molecule has 1 heterocycles. The Morgan fingerprint density at radius 1 is 1.09 bits per heavy atom. The lowest BCUT2D eigenvalue weighted by molar-refractivity contribution is 0.0934. The van der Waals surface area contributed by atoms with E-state index in [1.54, 1.807) is 30.1 Å². The molecule has 8 heteroatoms. The van der Waals surface area contributed by atoms with Crippen LogP contribution in [-0.4, -0.2) is 34.1 Å². The van der Waals surface area contributed by atoms with Gasteiger partial charge in [-0.3, -0.25) is 9.89 Å². The van der Waals surface area contributed by atoms with Crippen LogP contribution in [0.2, 0.25) is 0 Å². The highest BCUT2D eigenvalue weighted by Gasteiger charge is 2.22. The topological polar surface area (TPSA) is 84.3 Å². The van der Waals surface area contributed by atoms with Crippen molar-refractivity contribution >= 4 is 24.3 Å². The molecule has 0 aliphatic rings. The molecule has 1 amide bonds. The first kappa shape index (κ1) is 22.2. The molecule has 1 atom stereocenters. The molecule has 0 aliphatic heterocycles. The van der Waals surface area contributed by atoms with Crippen molar-refractivity contribution in [1.82, 2.24) is 20.2 Å². The number of amides is 1. The number of aromatic amines is 1. The van der Waals surface area contributed by atoms with Gasteiger partial charge in [0, 0.05) is 12.0 Å². The predicted molar refractivity (Wildman–Crippen MR) is 130 cm³/mol. The number of benzene rings is 3. The summed E-state index contributed by atoms with van der Waals surface area (Å²) in [4.78, 5) is 12.9. The van der Waals surface area contributed by atoms with Gasteiger partial charge in [-0.2, -0.15) is 14.9 Å². The molecule has 2 N–H and O–H groups in total. The molecule has 0 spiro atoms. The number of carbonyl (C=O) groups is 1. The van der Waals surface area contributed by atoms with Gasteiger partial charge >= 0.3 is 0 Å². The quantitative estimate of drug-likeness (QED) is 0.300. The predicted octanol–water partition coefficient (Wildman–Crippen LogP) is 4.55. The van der Waals surface area contributed by atoms with Gasteiger partial charge in [0.25, 0.3) is 5.91 Å². The minimum atomic E-state index is -0.457. The SMILES string of the molecule is COc1ccc(C=Nn2c(C(Cc3ccccc3)NC(=O)c3ccccc3)n[nH]c2=S)cc1. The maximum absolute atomic E-state index is 12.9. The summed E-state index contributed by atoms with van der Waals surface area (Å²) >= 11 is 5.42. The number of carbonyl (C=O) groups excluding carboxylic acids is 1. The van der Waals surface area contributed by atoms with Gasteiger partial charge in [-0.05, 0) is 59.7 Å². The van der Waals surface area contributed by atoms with Crippen molar-refractivity contribution < 1.29 is 9.53 Å². The Kier molecular flexibility index (Phi) is 7.06. The summed E-state index contributed by atoms with van der Waals surface area (Å²) in [5, 5.41) is 14.8. The minimum Gasteiger partial charge on any atom is -0.497 e. The number of methoxy groups -OCH3 is 1. The summed E-state index contributed by atoms with van der Waals surface area (Å²) in [7, 11) is 1.62. The highest BCUT2D eigenvalue weighted by atomic mass is 32.1. The van der Waals surface area contributed by atoms with E-state index in [0.717, 1.165) is 16.9 Å². The van der Waals surface area contributed by atoms with Crippen LogP contribution in [0, 0.1) is 4.77 Å². The summed E-state index contributed by atoms with van der Waals surface area (Å²) in [6.45, 7) is 0. The van der Waals surface area contributed by atoms with Gasteiger partial charge in [-0.25, -0.2) is 0 Å². The molecule has 0 saturated heterocycles. The van der Waals surface area contributed by atoms with E-state index in [1.165, 1.54) is 0 Å². The molecule has 3 aromatic carbocycles. The van der Waals surface area contributed by atoms with Crippen molar-refractivity contribution in [1.29, 1.82) is 0 Å². The van der Waals surface area contributed by atoms with Crippen LogP contribution in [-0.2, 0) is 6.42 Å². The summed E-state index contributed by atoms with van der Waals surface area (Å²) in [6, 6.07) is 26.0. The smallest absolute Gasteiger partial charge is 0.251 e. The number of nitrogens with zero attached hydrogens (tertiary/aromatic N) is 3. The van der Waals surface area contributed by atoms with Crippen molar-refractivity contribution in [3.05, 3.63) is 112 Å². The fraction of sp³-hybridized carbons (Fsp3) is 0.120. The molecule has 0 bridgehead atoms. The first-order valence-corrected chi connectivity index (χ1v) is 10.8. The highest BCUT2D eigenvalue weighted by molar-refractivity contribution is 7.71. The molecule has 0 aliphatic carbocycles. The van der Waals surface area contributed by atoms with Gasteiger partial charge in [-0.15, -0.1) is 0 Å². The van der Waals surface area contributed by atoms with Crippen molar-refractivity contribution in [2.45, 2.75) is 12.5 Å². The van der Waals surface area contributed by atoms with Crippen LogP contribution in [0.4, 0.5) is 0 Å². The Morgan fingerprint density at radius 2 is 1.76 bits per heavy atom. The molecule has 7 nitrogen and oxygen atoms in total. The molecule has 166 valence electrons. The minimum absolute atomic E-state index is 0.198. The van der Waals surface area contributed by atoms with Crippen molar-refractivity contribution in [3.63, 3.8) is 0 Å². The first-order valence-electron chi connectivity index (χ1n) is 10.4. The lowest BCUT2D eigenvalue weighted by Crippen LogP contribution is -2.31. The normalized spacial score (nSPS) is 11.9. The van der Waals surface area contributed by atoms with Crippen molar-refractivity contribution in [2.24, 2.45) is 5.10 Å². The number of nitrogens with one attached hydrogen (secondary N) is 2. The zero-order valence-corrected chi connectivity index (χ0v) is 18.8. The average molecular weight is 458 g/mol. The van der Waals surface area contributed by atoms with Gasteiger partial charge in [0.2, 0.25) is 4.77 Å². The van der Waals surface area contributed by atoms with Gasteiger partial charge in [0.05, 0.1) is 19.4 Å². The second-order valence-corrected chi connectivity index (χ2v) is 7.68. The largest absolute Gasteiger partial charge is 0.497 e. The van der Waals surface area contributed by atoms with Gasteiger partial charge in [0.1, 0.15) is 5.75 Å². The van der Waals surface area contributed by atoms with E-state index in [0.29, 0.717) is 22.6 Å². The van der Waals surface area contributed by atoms with Crippen molar-refractivity contribution in [2.75, 3.05) is 7.11 Å². The van der Waals surface area contributed by atoms with E-state index in [9.17, 15) is 4.79 Å². The molecular weight excluding hydrogens is 434 g/mol. The van der Waals surface area contributed by atoms with E-state index >= 15 is 0 Å². The molecule has 1 aromatic heterocycles. The molecule has 4 aromatic rings. The average Bonchev–Trinajstić information content (AvgIpc) is 3.24. The Morgan fingerprint density at radius 3 is 2.42 bits per heavy atom. The fourth-order valence-corrected chi connectivity index (χ4v) is 3.53. The highest BCUT2D eigenvalue weighted by Crippen LogP contribution is 2.19. The Hall–Kier alpha value is -4.04. The fourth-order valence-electron chi connectivity index (χ4n) is 3.34. The Balaban J connectivity index is 1.65. The third-order valence-electron chi connectivity index (χ3n) is 5.05. The monoisotopic (exact) mass is 457 g/mol. The van der Waals surface area contributed by atoms with Crippen LogP contribution < -0.4 is 10.1 Å². The summed E-state index contributed by atoms with van der Waals surface area (Å²) in [5.74, 6) is 1.08. The van der Waals surface area contributed by atoms with Crippen molar-refractivity contribution in [3.8, 4) is 5.75 Å². The van der Waals surface area contributed by atoms with Gasteiger partial charge in [0.15, 0.2) is 5.82 Å². The third kappa shape index (κ3) is 5.61. The van der Waals surface area contributed by atoms with Crippen LogP contribution in [0.5, 0.6) is 5.75 Å². The van der Waals surface area contributed by atoms with Crippen LogP contribution in [0.1, 0.15) is 33.4 Å². The van der Waals surface area contributed by atoms with Crippen LogP contribution in [0.15, 0.2) is 90.0 Å².